The van der Waals surface area contributed by atoms with Gasteiger partial charge in [-0.15, -0.1) is 0 Å². The third kappa shape index (κ3) is 4.41. The van der Waals surface area contributed by atoms with E-state index < -0.39 is 5.25 Å². The van der Waals surface area contributed by atoms with Gasteiger partial charge in [0.15, 0.2) is 16.6 Å². The molecule has 1 amide bonds. The van der Waals surface area contributed by atoms with Crippen LogP contribution in [0.4, 0.5) is 5.69 Å². The lowest BCUT2D eigenvalue weighted by atomic mass is 10.1. The number of anilines is 1. The van der Waals surface area contributed by atoms with Crippen LogP contribution in [0.3, 0.4) is 0 Å². The second kappa shape index (κ2) is 8.57. The zero-order valence-corrected chi connectivity index (χ0v) is 17.6. The molecule has 8 nitrogen and oxygen atoms in total. The summed E-state index contributed by atoms with van der Waals surface area (Å²) in [5, 5.41) is 7.25. The number of hydrogen-bond donors (Lipinski definition) is 2. The van der Waals surface area contributed by atoms with Crippen molar-refractivity contribution in [2.24, 2.45) is 0 Å². The fourth-order valence-corrected chi connectivity index (χ4v) is 3.76. The maximum Gasteiger partial charge on any atom is 0.262 e. The van der Waals surface area contributed by atoms with E-state index in [1.807, 2.05) is 30.3 Å². The first-order valence-electron chi connectivity index (χ1n) is 9.54. The van der Waals surface area contributed by atoms with Crippen LogP contribution in [0.1, 0.15) is 24.2 Å². The Bertz CT molecular complexity index is 1310. The number of benzene rings is 2. The van der Waals surface area contributed by atoms with Gasteiger partial charge in [-0.3, -0.25) is 14.4 Å². The number of amides is 1. The Hall–Kier alpha value is -3.72. The van der Waals surface area contributed by atoms with Crippen LogP contribution in [0.2, 0.25) is 0 Å². The average Bonchev–Trinajstić information content (AvgIpc) is 3.19. The van der Waals surface area contributed by atoms with Gasteiger partial charge in [0.05, 0.1) is 17.1 Å². The van der Waals surface area contributed by atoms with Crippen LogP contribution in [0.15, 0.2) is 70.7 Å². The minimum atomic E-state index is -0.527. The summed E-state index contributed by atoms with van der Waals surface area (Å²) in [6.07, 6.45) is 1.48. The number of Topliss-reactive ketones (excluding diaryl/α,β-unsaturated/α-hetero) is 1. The molecule has 0 saturated heterocycles. The van der Waals surface area contributed by atoms with Crippen LogP contribution in [0.25, 0.3) is 16.7 Å². The van der Waals surface area contributed by atoms with Crippen LogP contribution in [0.5, 0.6) is 0 Å². The van der Waals surface area contributed by atoms with E-state index in [0.29, 0.717) is 27.4 Å². The van der Waals surface area contributed by atoms with Gasteiger partial charge in [0.2, 0.25) is 5.91 Å². The number of H-pyrrole nitrogens is 1. The number of thioether (sulfide) groups is 1. The molecule has 4 aromatic rings. The van der Waals surface area contributed by atoms with Crippen molar-refractivity contribution in [3.8, 4) is 5.69 Å². The normalized spacial score (nSPS) is 11.9. The lowest BCUT2D eigenvalue weighted by Gasteiger charge is -2.12. The minimum Gasteiger partial charge on any atom is -0.325 e. The first kappa shape index (κ1) is 20.5. The van der Waals surface area contributed by atoms with Gasteiger partial charge in [0, 0.05) is 11.3 Å². The number of fused-ring (bicyclic) bond motifs is 1. The molecule has 2 aromatic heterocycles. The molecule has 2 heterocycles. The van der Waals surface area contributed by atoms with Crippen LogP contribution in [-0.4, -0.2) is 36.7 Å². The van der Waals surface area contributed by atoms with E-state index >= 15 is 0 Å². The first-order valence-corrected chi connectivity index (χ1v) is 10.4. The predicted octanol–water partition coefficient (Wildman–Crippen LogP) is 3.43. The molecule has 0 radical (unpaired) electrons. The fourth-order valence-electron chi connectivity index (χ4n) is 2.97. The molecule has 0 aliphatic heterocycles. The molecule has 1 atom stereocenters. The van der Waals surface area contributed by atoms with Gasteiger partial charge in [-0.25, -0.2) is 9.67 Å². The molecule has 0 fully saturated rings. The molecule has 2 aromatic carbocycles. The summed E-state index contributed by atoms with van der Waals surface area (Å²) in [6, 6.07) is 16.1. The Morgan fingerprint density at radius 3 is 2.48 bits per heavy atom. The van der Waals surface area contributed by atoms with E-state index in [-0.39, 0.29) is 17.2 Å². The van der Waals surface area contributed by atoms with E-state index in [2.05, 4.69) is 20.4 Å². The van der Waals surface area contributed by atoms with Crippen molar-refractivity contribution in [1.82, 2.24) is 19.7 Å². The molecule has 2 N–H and O–H groups in total. The van der Waals surface area contributed by atoms with E-state index in [1.54, 1.807) is 35.9 Å². The van der Waals surface area contributed by atoms with Crippen molar-refractivity contribution in [1.29, 1.82) is 0 Å². The maximum absolute atomic E-state index is 12.6. The van der Waals surface area contributed by atoms with E-state index in [4.69, 9.17) is 0 Å². The summed E-state index contributed by atoms with van der Waals surface area (Å²) in [5.41, 5.74) is 2.05. The van der Waals surface area contributed by atoms with Gasteiger partial charge in [-0.2, -0.15) is 5.10 Å². The highest BCUT2D eigenvalue weighted by Crippen LogP contribution is 2.22. The van der Waals surface area contributed by atoms with Gasteiger partial charge in [0.1, 0.15) is 5.39 Å². The molecule has 0 aliphatic carbocycles. The van der Waals surface area contributed by atoms with Crippen LogP contribution in [0, 0.1) is 0 Å². The van der Waals surface area contributed by atoms with Gasteiger partial charge in [0.25, 0.3) is 5.56 Å². The number of aromatic nitrogens is 4. The van der Waals surface area contributed by atoms with Crippen molar-refractivity contribution in [2.75, 3.05) is 5.32 Å². The highest BCUT2D eigenvalue weighted by Gasteiger charge is 2.18. The van der Waals surface area contributed by atoms with Crippen LogP contribution < -0.4 is 10.9 Å². The Kier molecular flexibility index (Phi) is 5.68. The molecule has 31 heavy (non-hydrogen) atoms. The number of aromatic amines is 1. The molecular weight excluding hydrogens is 414 g/mol. The summed E-state index contributed by atoms with van der Waals surface area (Å²) >= 11 is 1.14. The highest BCUT2D eigenvalue weighted by atomic mass is 32.2. The van der Waals surface area contributed by atoms with Crippen LogP contribution >= 0.6 is 11.8 Å². The summed E-state index contributed by atoms with van der Waals surface area (Å²) in [7, 11) is 0. The number of para-hydroxylation sites is 1. The second-order valence-corrected chi connectivity index (χ2v) is 8.21. The Labute approximate surface area is 181 Å². The van der Waals surface area contributed by atoms with Gasteiger partial charge >= 0.3 is 0 Å². The number of carbonyl (C=O) groups excluding carboxylic acids is 2. The summed E-state index contributed by atoms with van der Waals surface area (Å²) < 4.78 is 1.59. The smallest absolute Gasteiger partial charge is 0.262 e. The quantitative estimate of drug-likeness (QED) is 0.274. The lowest BCUT2D eigenvalue weighted by Crippen LogP contribution is -2.23. The standard InChI is InChI=1S/C22H19N5O3S/c1-13(28)15-8-10-16(11-9-15)24-20(29)14(2)31-22-25-19-18(21(30)26-22)12-23-27(19)17-6-4-3-5-7-17/h3-12,14H,1-2H3,(H,24,29)(H,25,26,30)/t14-/m1/s1. The van der Waals surface area contributed by atoms with Crippen molar-refractivity contribution >= 4 is 40.2 Å². The zero-order chi connectivity index (χ0) is 22.0. The van der Waals surface area contributed by atoms with E-state index in [9.17, 15) is 14.4 Å². The summed E-state index contributed by atoms with van der Waals surface area (Å²) in [6.45, 7) is 3.21. The number of carbonyl (C=O) groups is 2. The molecular formula is C22H19N5O3S. The lowest BCUT2D eigenvalue weighted by molar-refractivity contribution is -0.115. The van der Waals surface area contributed by atoms with Crippen molar-refractivity contribution in [2.45, 2.75) is 24.3 Å². The molecule has 4 rings (SSSR count). The minimum absolute atomic E-state index is 0.0398. The SMILES string of the molecule is CC(=O)c1ccc(NC(=O)[C@@H](C)Sc2nc3c(cnn3-c3ccccc3)c(=O)[nH]2)cc1. The molecule has 156 valence electrons. The van der Waals surface area contributed by atoms with Crippen molar-refractivity contribution < 1.29 is 9.59 Å². The number of hydrogen-bond acceptors (Lipinski definition) is 6. The number of nitrogens with one attached hydrogen (secondary N) is 2. The number of nitrogens with zero attached hydrogens (tertiary/aromatic N) is 3. The fraction of sp³-hybridized carbons (Fsp3) is 0.136. The van der Waals surface area contributed by atoms with Crippen molar-refractivity contribution in [3.05, 3.63) is 76.7 Å². The van der Waals surface area contributed by atoms with E-state index in [0.717, 1.165) is 17.4 Å². The third-order valence-corrected chi connectivity index (χ3v) is 5.62. The Balaban J connectivity index is 1.54. The van der Waals surface area contributed by atoms with Crippen LogP contribution in [-0.2, 0) is 4.79 Å². The average molecular weight is 433 g/mol. The third-order valence-electron chi connectivity index (χ3n) is 4.63. The monoisotopic (exact) mass is 433 g/mol. The van der Waals surface area contributed by atoms with Crippen molar-refractivity contribution in [3.63, 3.8) is 0 Å². The highest BCUT2D eigenvalue weighted by molar-refractivity contribution is 8.00. The molecule has 0 aliphatic rings. The Morgan fingerprint density at radius 2 is 1.81 bits per heavy atom. The molecule has 9 heteroatoms. The van der Waals surface area contributed by atoms with E-state index in [1.165, 1.54) is 13.1 Å². The molecule has 0 bridgehead atoms. The number of rotatable bonds is 6. The van der Waals surface area contributed by atoms with Gasteiger partial charge < -0.3 is 10.3 Å². The Morgan fingerprint density at radius 1 is 1.10 bits per heavy atom. The first-order chi connectivity index (χ1) is 14.9. The maximum atomic E-state index is 12.6. The topological polar surface area (TPSA) is 110 Å². The van der Waals surface area contributed by atoms with Gasteiger partial charge in [-0.05, 0) is 50.2 Å². The molecule has 0 spiro atoms. The zero-order valence-electron chi connectivity index (χ0n) is 16.8. The summed E-state index contributed by atoms with van der Waals surface area (Å²) in [5.74, 6) is -0.290. The molecule has 0 saturated carbocycles. The second-order valence-electron chi connectivity index (χ2n) is 6.88. The largest absolute Gasteiger partial charge is 0.325 e. The predicted molar refractivity (Wildman–Crippen MR) is 120 cm³/mol. The molecule has 0 unspecified atom stereocenters. The summed E-state index contributed by atoms with van der Waals surface area (Å²) in [4.78, 5) is 43.7. The van der Waals surface area contributed by atoms with Gasteiger partial charge in [-0.1, -0.05) is 30.0 Å². The number of ketones is 1.